The number of hydrogen-bond donors (Lipinski definition) is 1. The molecule has 0 aliphatic heterocycles. The van der Waals surface area contributed by atoms with Crippen molar-refractivity contribution >= 4 is 27.3 Å². The molecule has 1 aromatic heterocycles. The minimum atomic E-state index is -0.0358. The summed E-state index contributed by atoms with van der Waals surface area (Å²) >= 11 is 1.63. The normalized spacial score (nSPS) is 11.1. The lowest BCUT2D eigenvalue weighted by molar-refractivity contribution is 0.0952. The number of benzene rings is 2. The van der Waals surface area contributed by atoms with Crippen LogP contribution in [-0.4, -0.2) is 38.0 Å². The zero-order chi connectivity index (χ0) is 18.5. The minimum absolute atomic E-state index is 0.0358. The molecule has 0 saturated carbocycles. The summed E-state index contributed by atoms with van der Waals surface area (Å²) in [6.07, 6.45) is 0. The van der Waals surface area contributed by atoms with Crippen LogP contribution >= 0.6 is 11.3 Å². The summed E-state index contributed by atoms with van der Waals surface area (Å²) in [4.78, 5) is 15.8. The van der Waals surface area contributed by atoms with Crippen molar-refractivity contribution in [2.75, 3.05) is 27.2 Å². The van der Waals surface area contributed by atoms with Crippen LogP contribution in [0.3, 0.4) is 0 Å². The van der Waals surface area contributed by atoms with Gasteiger partial charge in [0.2, 0.25) is 0 Å². The van der Waals surface area contributed by atoms with Gasteiger partial charge < -0.3 is 15.0 Å². The Morgan fingerprint density at radius 3 is 2.62 bits per heavy atom. The van der Waals surface area contributed by atoms with Crippen molar-refractivity contribution in [2.24, 2.45) is 0 Å². The summed E-state index contributed by atoms with van der Waals surface area (Å²) in [5.74, 6) is 0.722. The lowest BCUT2D eigenvalue weighted by Gasteiger charge is -2.12. The molecule has 4 nitrogen and oxygen atoms in total. The van der Waals surface area contributed by atoms with Gasteiger partial charge in [0.15, 0.2) is 0 Å². The molecule has 1 amide bonds. The second-order valence-corrected chi connectivity index (χ2v) is 7.75. The number of hydrogen-bond acceptors (Lipinski definition) is 4. The highest BCUT2D eigenvalue weighted by Gasteiger charge is 2.19. The largest absolute Gasteiger partial charge is 0.488 e. The first-order valence-electron chi connectivity index (χ1n) is 8.68. The number of likely N-dealkylation sites (N-methyl/N-ethyl adjacent to an activating group) is 1. The van der Waals surface area contributed by atoms with Crippen LogP contribution in [-0.2, 0) is 6.61 Å². The summed E-state index contributed by atoms with van der Waals surface area (Å²) in [6.45, 7) is 3.91. The maximum Gasteiger partial charge on any atom is 0.253 e. The predicted octanol–water partition coefficient (Wildman–Crippen LogP) is 4.08. The van der Waals surface area contributed by atoms with Gasteiger partial charge in [-0.15, -0.1) is 11.3 Å². The van der Waals surface area contributed by atoms with Crippen molar-refractivity contribution < 1.29 is 9.53 Å². The van der Waals surface area contributed by atoms with E-state index in [2.05, 4.69) is 5.32 Å². The van der Waals surface area contributed by atoms with Crippen LogP contribution in [0.5, 0.6) is 5.75 Å². The van der Waals surface area contributed by atoms with Gasteiger partial charge in [0.25, 0.3) is 5.91 Å². The smallest absolute Gasteiger partial charge is 0.253 e. The first-order valence-corrected chi connectivity index (χ1v) is 9.49. The summed E-state index contributed by atoms with van der Waals surface area (Å²) in [5, 5.41) is 3.93. The lowest BCUT2D eigenvalue weighted by atomic mass is 10.1. The molecule has 0 spiro atoms. The Morgan fingerprint density at radius 1 is 1.12 bits per heavy atom. The SMILES string of the molecule is Cc1sc2cccc(OCc3ccccc3)c2c1C(=O)NCCN(C)C. The van der Waals surface area contributed by atoms with E-state index in [0.717, 1.165) is 38.4 Å². The quantitative estimate of drug-likeness (QED) is 0.683. The highest BCUT2D eigenvalue weighted by Crippen LogP contribution is 2.37. The molecule has 26 heavy (non-hydrogen) atoms. The van der Waals surface area contributed by atoms with Crippen molar-refractivity contribution in [3.63, 3.8) is 0 Å². The molecule has 0 radical (unpaired) electrons. The van der Waals surface area contributed by atoms with E-state index in [4.69, 9.17) is 4.74 Å². The van der Waals surface area contributed by atoms with Gasteiger partial charge in [0, 0.05) is 28.1 Å². The topological polar surface area (TPSA) is 41.6 Å². The molecule has 0 saturated heterocycles. The molecule has 5 heteroatoms. The molecule has 1 heterocycles. The second-order valence-electron chi connectivity index (χ2n) is 6.50. The number of thiophene rings is 1. The van der Waals surface area contributed by atoms with Gasteiger partial charge in [0.05, 0.1) is 5.56 Å². The molecular weight excluding hydrogens is 344 g/mol. The van der Waals surface area contributed by atoms with Gasteiger partial charge in [-0.3, -0.25) is 4.79 Å². The number of nitrogens with one attached hydrogen (secondary N) is 1. The van der Waals surface area contributed by atoms with Gasteiger partial charge in [-0.1, -0.05) is 36.4 Å². The first-order chi connectivity index (χ1) is 12.6. The van der Waals surface area contributed by atoms with Crippen molar-refractivity contribution in [3.05, 3.63) is 64.5 Å². The van der Waals surface area contributed by atoms with E-state index in [1.807, 2.05) is 74.4 Å². The minimum Gasteiger partial charge on any atom is -0.488 e. The zero-order valence-corrected chi connectivity index (χ0v) is 16.2. The highest BCUT2D eigenvalue weighted by atomic mass is 32.1. The Kier molecular flexibility index (Phi) is 5.91. The Hall–Kier alpha value is -2.37. The van der Waals surface area contributed by atoms with E-state index in [0.29, 0.717) is 13.2 Å². The Bertz CT molecular complexity index is 888. The summed E-state index contributed by atoms with van der Waals surface area (Å²) in [5.41, 5.74) is 1.83. The average molecular weight is 369 g/mol. The van der Waals surface area contributed by atoms with Crippen molar-refractivity contribution in [1.82, 2.24) is 10.2 Å². The van der Waals surface area contributed by atoms with Crippen LogP contribution in [0.15, 0.2) is 48.5 Å². The van der Waals surface area contributed by atoms with E-state index in [1.165, 1.54) is 0 Å². The first kappa shape index (κ1) is 18.4. The number of carbonyl (C=O) groups excluding carboxylic acids is 1. The third kappa shape index (κ3) is 4.23. The number of fused-ring (bicyclic) bond motifs is 1. The number of aryl methyl sites for hydroxylation is 1. The molecule has 136 valence electrons. The predicted molar refractivity (Wildman–Crippen MR) is 108 cm³/mol. The van der Waals surface area contributed by atoms with E-state index >= 15 is 0 Å². The Labute approximate surface area is 158 Å². The fourth-order valence-corrected chi connectivity index (χ4v) is 3.92. The summed E-state index contributed by atoms with van der Waals surface area (Å²) < 4.78 is 7.15. The van der Waals surface area contributed by atoms with Crippen LogP contribution in [0, 0.1) is 6.92 Å². The second kappa shape index (κ2) is 8.34. The summed E-state index contributed by atoms with van der Waals surface area (Å²) in [7, 11) is 3.99. The van der Waals surface area contributed by atoms with Crippen LogP contribution < -0.4 is 10.1 Å². The molecule has 0 aliphatic carbocycles. The van der Waals surface area contributed by atoms with Gasteiger partial charge in [-0.2, -0.15) is 0 Å². The monoisotopic (exact) mass is 368 g/mol. The number of nitrogens with zero attached hydrogens (tertiary/aromatic N) is 1. The molecule has 3 rings (SSSR count). The number of ether oxygens (including phenoxy) is 1. The number of amides is 1. The van der Waals surface area contributed by atoms with Crippen LogP contribution in [0.2, 0.25) is 0 Å². The van der Waals surface area contributed by atoms with Gasteiger partial charge in [-0.05, 0) is 38.7 Å². The third-order valence-electron chi connectivity index (χ3n) is 4.16. The maximum atomic E-state index is 12.8. The molecule has 0 atom stereocenters. The lowest BCUT2D eigenvalue weighted by Crippen LogP contribution is -2.31. The van der Waals surface area contributed by atoms with Gasteiger partial charge in [0.1, 0.15) is 12.4 Å². The molecule has 0 bridgehead atoms. The zero-order valence-electron chi connectivity index (χ0n) is 15.4. The van der Waals surface area contributed by atoms with Crippen molar-refractivity contribution in [2.45, 2.75) is 13.5 Å². The molecule has 0 unspecified atom stereocenters. The van der Waals surface area contributed by atoms with Crippen LogP contribution in [0.1, 0.15) is 20.8 Å². The Balaban J connectivity index is 1.86. The molecule has 0 fully saturated rings. The molecule has 1 N–H and O–H groups in total. The standard InChI is InChI=1S/C21H24N2O2S/c1-15-19(21(24)22-12-13-23(2)3)20-17(10-7-11-18(20)26-15)25-14-16-8-5-4-6-9-16/h4-11H,12-14H2,1-3H3,(H,22,24). The van der Waals surface area contributed by atoms with Crippen molar-refractivity contribution in [3.8, 4) is 5.75 Å². The van der Waals surface area contributed by atoms with Crippen LogP contribution in [0.4, 0.5) is 0 Å². The fourth-order valence-electron chi connectivity index (χ4n) is 2.84. The Morgan fingerprint density at radius 2 is 1.88 bits per heavy atom. The van der Waals surface area contributed by atoms with E-state index in [1.54, 1.807) is 11.3 Å². The fraction of sp³-hybridized carbons (Fsp3) is 0.286. The van der Waals surface area contributed by atoms with E-state index in [9.17, 15) is 4.79 Å². The van der Waals surface area contributed by atoms with Crippen molar-refractivity contribution in [1.29, 1.82) is 0 Å². The van der Waals surface area contributed by atoms with Crippen LogP contribution in [0.25, 0.3) is 10.1 Å². The third-order valence-corrected chi connectivity index (χ3v) is 5.23. The van der Waals surface area contributed by atoms with E-state index in [-0.39, 0.29) is 5.91 Å². The number of rotatable bonds is 7. The molecular formula is C21H24N2O2S. The van der Waals surface area contributed by atoms with E-state index < -0.39 is 0 Å². The molecule has 3 aromatic rings. The number of carbonyl (C=O) groups is 1. The average Bonchev–Trinajstić information content (AvgIpc) is 2.97. The maximum absolute atomic E-state index is 12.8. The van der Waals surface area contributed by atoms with Gasteiger partial charge in [-0.25, -0.2) is 0 Å². The molecule has 2 aromatic carbocycles. The highest BCUT2D eigenvalue weighted by molar-refractivity contribution is 7.19. The van der Waals surface area contributed by atoms with Gasteiger partial charge >= 0.3 is 0 Å². The molecule has 0 aliphatic rings. The summed E-state index contributed by atoms with van der Waals surface area (Å²) in [6, 6.07) is 16.0.